The molecular weight excluding hydrogens is 456 g/mol. The van der Waals surface area contributed by atoms with Crippen LogP contribution >= 0.6 is 11.8 Å². The fraction of sp³-hybridized carbons (Fsp3) is 0.360. The molecule has 0 spiro atoms. The van der Waals surface area contributed by atoms with Crippen molar-refractivity contribution < 1.29 is 28.7 Å². The van der Waals surface area contributed by atoms with Crippen LogP contribution < -0.4 is 10.6 Å². The number of thioether (sulfide) groups is 1. The van der Waals surface area contributed by atoms with E-state index in [2.05, 4.69) is 10.6 Å². The number of esters is 2. The van der Waals surface area contributed by atoms with Crippen LogP contribution in [0.3, 0.4) is 0 Å². The summed E-state index contributed by atoms with van der Waals surface area (Å²) in [4.78, 5) is 45.6. The Morgan fingerprint density at radius 1 is 0.794 bits per heavy atom. The predicted molar refractivity (Wildman–Crippen MR) is 128 cm³/mol. The summed E-state index contributed by atoms with van der Waals surface area (Å²) in [7, 11) is 0. The molecule has 0 aliphatic carbocycles. The Kier molecular flexibility index (Phi) is 9.97. The quantitative estimate of drug-likeness (QED) is 0.606. The van der Waals surface area contributed by atoms with Crippen LogP contribution in [0.1, 0.15) is 30.4 Å². The van der Waals surface area contributed by atoms with E-state index >= 15 is 0 Å². The maximum atomic E-state index is 11.7. The van der Waals surface area contributed by atoms with E-state index < -0.39 is 12.1 Å². The summed E-state index contributed by atoms with van der Waals surface area (Å²) < 4.78 is 10.3. The summed E-state index contributed by atoms with van der Waals surface area (Å²) in [5.41, 5.74) is 1.89. The molecule has 2 fully saturated rings. The Morgan fingerprint density at radius 2 is 1.32 bits per heavy atom. The third-order valence-electron chi connectivity index (χ3n) is 5.10. The molecule has 2 aliphatic heterocycles. The van der Waals surface area contributed by atoms with Gasteiger partial charge >= 0.3 is 11.9 Å². The summed E-state index contributed by atoms with van der Waals surface area (Å²) >= 11 is 1.45. The molecule has 0 radical (unpaired) electrons. The highest BCUT2D eigenvalue weighted by molar-refractivity contribution is 8.00. The molecule has 2 N–H and O–H groups in total. The number of hydrogen-bond acceptors (Lipinski definition) is 7. The number of nitrogens with one attached hydrogen (secondary N) is 2. The molecule has 2 unspecified atom stereocenters. The average Bonchev–Trinajstić information content (AvgIpc) is 2.87. The fourth-order valence-electron chi connectivity index (χ4n) is 3.31. The fourth-order valence-corrected chi connectivity index (χ4v) is 4.16. The van der Waals surface area contributed by atoms with E-state index in [9.17, 15) is 19.2 Å². The van der Waals surface area contributed by atoms with Crippen molar-refractivity contribution in [1.82, 2.24) is 10.6 Å². The Bertz CT molecular complexity index is 890. The molecule has 8 nitrogen and oxygen atoms in total. The molecule has 2 atom stereocenters. The summed E-state index contributed by atoms with van der Waals surface area (Å²) in [6.45, 7) is 0.503. The van der Waals surface area contributed by atoms with Crippen LogP contribution in [0.15, 0.2) is 60.7 Å². The van der Waals surface area contributed by atoms with Crippen molar-refractivity contribution in [2.75, 3.05) is 11.5 Å². The average molecular weight is 485 g/mol. The van der Waals surface area contributed by atoms with E-state index in [1.54, 1.807) is 0 Å². The standard InChI is InChI=1S/C13H15NO3.C12H13NO3S/c15-12-8-4-7-11(14-12)13(16)17-9-10-5-2-1-3-6-10;14-11-8-17-7-10(13-11)12(15)16-6-9-4-2-1-3-5-9/h1-3,5-6,11H,4,7-9H2,(H,14,15);1-5,10H,6-8H2,(H,13,14). The second kappa shape index (κ2) is 13.4. The maximum Gasteiger partial charge on any atom is 0.329 e. The molecule has 9 heteroatoms. The molecule has 0 saturated carbocycles. The molecule has 0 aromatic heterocycles. The van der Waals surface area contributed by atoms with Crippen molar-refractivity contribution in [2.45, 2.75) is 44.6 Å². The van der Waals surface area contributed by atoms with Gasteiger partial charge in [0, 0.05) is 12.2 Å². The van der Waals surface area contributed by atoms with Gasteiger partial charge in [-0.25, -0.2) is 9.59 Å². The van der Waals surface area contributed by atoms with Gasteiger partial charge in [-0.2, -0.15) is 0 Å². The monoisotopic (exact) mass is 484 g/mol. The Balaban J connectivity index is 0.000000191. The molecule has 34 heavy (non-hydrogen) atoms. The minimum atomic E-state index is -0.509. The third-order valence-corrected chi connectivity index (χ3v) is 6.14. The molecule has 2 amide bonds. The Morgan fingerprint density at radius 3 is 1.85 bits per heavy atom. The number of ether oxygens (including phenoxy) is 2. The van der Waals surface area contributed by atoms with Gasteiger partial charge in [-0.1, -0.05) is 60.7 Å². The second-order valence-corrected chi connectivity index (χ2v) is 8.86. The molecule has 2 aliphatic rings. The van der Waals surface area contributed by atoms with E-state index in [1.165, 1.54) is 11.8 Å². The number of benzene rings is 2. The molecule has 4 rings (SSSR count). The topological polar surface area (TPSA) is 111 Å². The lowest BCUT2D eigenvalue weighted by atomic mass is 10.0. The minimum Gasteiger partial charge on any atom is -0.459 e. The first-order valence-corrected chi connectivity index (χ1v) is 12.2. The zero-order chi connectivity index (χ0) is 24.2. The molecule has 180 valence electrons. The first-order valence-electron chi connectivity index (χ1n) is 11.1. The molecule has 2 heterocycles. The van der Waals surface area contributed by atoms with Crippen LogP contribution in [0.25, 0.3) is 0 Å². The van der Waals surface area contributed by atoms with Gasteiger partial charge in [0.15, 0.2) is 0 Å². The number of carbonyl (C=O) groups is 4. The van der Waals surface area contributed by atoms with Gasteiger partial charge in [-0.3, -0.25) is 9.59 Å². The lowest BCUT2D eigenvalue weighted by Crippen LogP contribution is -2.47. The zero-order valence-electron chi connectivity index (χ0n) is 18.7. The van der Waals surface area contributed by atoms with Crippen LogP contribution in [0.4, 0.5) is 0 Å². The Hall–Kier alpha value is -3.33. The van der Waals surface area contributed by atoms with E-state index in [1.807, 2.05) is 60.7 Å². The van der Waals surface area contributed by atoms with Gasteiger partial charge in [-0.15, -0.1) is 11.8 Å². The largest absolute Gasteiger partial charge is 0.459 e. The molecule has 0 bridgehead atoms. The summed E-state index contributed by atoms with van der Waals surface area (Å²) in [5, 5.41) is 5.26. The highest BCUT2D eigenvalue weighted by Gasteiger charge is 2.27. The number of hydrogen-bond donors (Lipinski definition) is 2. The van der Waals surface area contributed by atoms with Gasteiger partial charge in [0.05, 0.1) is 5.75 Å². The van der Waals surface area contributed by atoms with E-state index in [0.29, 0.717) is 24.3 Å². The van der Waals surface area contributed by atoms with Crippen molar-refractivity contribution in [3.63, 3.8) is 0 Å². The van der Waals surface area contributed by atoms with Gasteiger partial charge < -0.3 is 20.1 Å². The van der Waals surface area contributed by atoms with Crippen LogP contribution in [0.2, 0.25) is 0 Å². The van der Waals surface area contributed by atoms with Crippen LogP contribution in [0.5, 0.6) is 0 Å². The number of carbonyl (C=O) groups excluding carboxylic acids is 4. The van der Waals surface area contributed by atoms with E-state index in [0.717, 1.165) is 17.5 Å². The van der Waals surface area contributed by atoms with Gasteiger partial charge in [-0.05, 0) is 24.0 Å². The maximum absolute atomic E-state index is 11.7. The van der Waals surface area contributed by atoms with Crippen LogP contribution in [0, 0.1) is 0 Å². The lowest BCUT2D eigenvalue weighted by Gasteiger charge is -2.21. The first kappa shape index (κ1) is 25.3. The molecular formula is C25H28N2O6S. The summed E-state index contributed by atoms with van der Waals surface area (Å²) in [5.74, 6) is 0.110. The Labute approximate surface area is 202 Å². The second-order valence-electron chi connectivity index (χ2n) is 7.83. The third kappa shape index (κ3) is 8.55. The van der Waals surface area contributed by atoms with Gasteiger partial charge in [0.2, 0.25) is 11.8 Å². The summed E-state index contributed by atoms with van der Waals surface area (Å²) in [6, 6.07) is 18.0. The van der Waals surface area contributed by atoms with Crippen LogP contribution in [-0.2, 0) is 41.9 Å². The van der Waals surface area contributed by atoms with Gasteiger partial charge in [0.25, 0.3) is 0 Å². The smallest absolute Gasteiger partial charge is 0.329 e. The number of amides is 2. The van der Waals surface area contributed by atoms with Crippen LogP contribution in [-0.4, -0.2) is 47.3 Å². The summed E-state index contributed by atoms with van der Waals surface area (Å²) in [6.07, 6.45) is 1.92. The van der Waals surface area contributed by atoms with Gasteiger partial charge in [0.1, 0.15) is 25.3 Å². The highest BCUT2D eigenvalue weighted by atomic mass is 32.2. The van der Waals surface area contributed by atoms with Crippen molar-refractivity contribution in [3.05, 3.63) is 71.8 Å². The minimum absolute atomic E-state index is 0.0714. The zero-order valence-corrected chi connectivity index (χ0v) is 19.6. The predicted octanol–water partition coefficient (Wildman–Crippen LogP) is 2.36. The first-order chi connectivity index (χ1) is 16.5. The van der Waals surface area contributed by atoms with E-state index in [-0.39, 0.29) is 37.0 Å². The molecule has 2 saturated heterocycles. The lowest BCUT2D eigenvalue weighted by molar-refractivity contribution is -0.150. The SMILES string of the molecule is O=C1CCCC(C(=O)OCc2ccccc2)N1.O=C1CSCC(C(=O)OCc2ccccc2)N1. The number of piperidine rings is 1. The molecule has 2 aromatic carbocycles. The van der Waals surface area contributed by atoms with E-state index in [4.69, 9.17) is 9.47 Å². The number of rotatable bonds is 6. The van der Waals surface area contributed by atoms with Crippen molar-refractivity contribution in [1.29, 1.82) is 0 Å². The molecule has 2 aromatic rings. The van der Waals surface area contributed by atoms with Crippen molar-refractivity contribution >= 4 is 35.5 Å². The highest BCUT2D eigenvalue weighted by Crippen LogP contribution is 2.12. The normalized spacial score (nSPS) is 19.5. The van der Waals surface area contributed by atoms with Crippen molar-refractivity contribution in [3.8, 4) is 0 Å². The van der Waals surface area contributed by atoms with Crippen molar-refractivity contribution in [2.24, 2.45) is 0 Å².